The van der Waals surface area contributed by atoms with Gasteiger partial charge in [-0.15, -0.1) is 10.2 Å². The van der Waals surface area contributed by atoms with Crippen LogP contribution in [0, 0.1) is 0 Å². The molecule has 1 amide bonds. The third-order valence-electron chi connectivity index (χ3n) is 5.59. The fourth-order valence-corrected chi connectivity index (χ4v) is 3.93. The predicted molar refractivity (Wildman–Crippen MR) is 128 cm³/mol. The molecule has 10 heteroatoms. The predicted octanol–water partition coefficient (Wildman–Crippen LogP) is 4.01. The number of anilines is 4. The molecule has 10 nitrogen and oxygen atoms in total. The summed E-state index contributed by atoms with van der Waals surface area (Å²) < 4.78 is 5.95. The van der Waals surface area contributed by atoms with E-state index in [1.165, 1.54) is 13.3 Å². The van der Waals surface area contributed by atoms with Gasteiger partial charge in [0, 0.05) is 42.9 Å². The van der Waals surface area contributed by atoms with Crippen LogP contribution in [-0.2, 0) is 4.79 Å². The number of benzene rings is 2. The lowest BCUT2D eigenvalue weighted by molar-refractivity contribution is -0.114. The number of rotatable bonds is 6. The first-order valence-corrected chi connectivity index (χ1v) is 11.1. The Morgan fingerprint density at radius 3 is 2.59 bits per heavy atom. The highest BCUT2D eigenvalue weighted by molar-refractivity contribution is 5.89. The third kappa shape index (κ3) is 5.01. The van der Waals surface area contributed by atoms with E-state index in [2.05, 4.69) is 40.7 Å². The number of nitrogens with zero attached hydrogens (tertiary/aromatic N) is 6. The summed E-state index contributed by atoms with van der Waals surface area (Å²) in [7, 11) is 0. The van der Waals surface area contributed by atoms with Gasteiger partial charge in [0.1, 0.15) is 6.33 Å². The molecule has 0 radical (unpaired) electrons. The van der Waals surface area contributed by atoms with E-state index in [4.69, 9.17) is 4.42 Å². The van der Waals surface area contributed by atoms with Gasteiger partial charge < -0.3 is 20.0 Å². The molecule has 2 aromatic heterocycles. The Bertz CT molecular complexity index is 1270. The van der Waals surface area contributed by atoms with Crippen LogP contribution in [0.5, 0.6) is 0 Å². The van der Waals surface area contributed by atoms with Crippen molar-refractivity contribution in [3.8, 4) is 11.5 Å². The minimum Gasteiger partial charge on any atom is -0.420 e. The molecule has 4 aromatic rings. The van der Waals surface area contributed by atoms with E-state index in [0.29, 0.717) is 29.4 Å². The van der Waals surface area contributed by atoms with Gasteiger partial charge in [0.05, 0.1) is 0 Å². The fourth-order valence-electron chi connectivity index (χ4n) is 3.93. The molecule has 0 aliphatic carbocycles. The van der Waals surface area contributed by atoms with Gasteiger partial charge in [-0.25, -0.2) is 9.97 Å². The van der Waals surface area contributed by atoms with Crippen molar-refractivity contribution >= 4 is 29.2 Å². The van der Waals surface area contributed by atoms with Gasteiger partial charge in [-0.2, -0.15) is 4.98 Å². The van der Waals surface area contributed by atoms with Crippen molar-refractivity contribution in [2.45, 2.75) is 25.7 Å². The van der Waals surface area contributed by atoms with Crippen LogP contribution in [0.25, 0.3) is 11.5 Å². The SMILES string of the molecule is CC(=O)Nc1cccc(Nc2ncnc(N3CCC(c4nnc(-c5ccccc5)o4)CC3)n2)c1. The molecule has 0 bridgehead atoms. The molecule has 5 rings (SSSR count). The van der Waals surface area contributed by atoms with Gasteiger partial charge in [-0.3, -0.25) is 4.79 Å². The molecule has 0 unspecified atom stereocenters. The molecule has 0 spiro atoms. The summed E-state index contributed by atoms with van der Waals surface area (Å²) in [5.41, 5.74) is 2.39. The summed E-state index contributed by atoms with van der Waals surface area (Å²) in [5.74, 6) is 2.36. The molecule has 0 atom stereocenters. The molecule has 2 aromatic carbocycles. The van der Waals surface area contributed by atoms with E-state index in [1.54, 1.807) is 0 Å². The Kier molecular flexibility index (Phi) is 6.11. The maximum absolute atomic E-state index is 11.3. The second-order valence-electron chi connectivity index (χ2n) is 8.07. The number of nitrogens with one attached hydrogen (secondary N) is 2. The lowest BCUT2D eigenvalue weighted by Gasteiger charge is -2.30. The van der Waals surface area contributed by atoms with Crippen molar-refractivity contribution in [1.82, 2.24) is 25.1 Å². The molecule has 1 saturated heterocycles. The van der Waals surface area contributed by atoms with E-state index in [9.17, 15) is 4.79 Å². The lowest BCUT2D eigenvalue weighted by Crippen LogP contribution is -2.34. The number of hydrogen-bond donors (Lipinski definition) is 2. The minimum atomic E-state index is -0.125. The number of hydrogen-bond acceptors (Lipinski definition) is 9. The van der Waals surface area contributed by atoms with Crippen LogP contribution in [-0.4, -0.2) is 44.1 Å². The molecule has 1 aliphatic rings. The minimum absolute atomic E-state index is 0.125. The van der Waals surface area contributed by atoms with Crippen molar-refractivity contribution in [2.24, 2.45) is 0 Å². The second-order valence-corrected chi connectivity index (χ2v) is 8.07. The number of amides is 1. The molecule has 0 saturated carbocycles. The Labute approximate surface area is 196 Å². The van der Waals surface area contributed by atoms with Crippen molar-refractivity contribution in [3.05, 3.63) is 66.8 Å². The highest BCUT2D eigenvalue weighted by atomic mass is 16.4. The molecule has 34 heavy (non-hydrogen) atoms. The number of piperidine rings is 1. The first kappa shape index (κ1) is 21.5. The Hall–Kier alpha value is -4.34. The number of carbonyl (C=O) groups is 1. The van der Waals surface area contributed by atoms with Crippen molar-refractivity contribution in [1.29, 1.82) is 0 Å². The van der Waals surface area contributed by atoms with Gasteiger partial charge in [-0.05, 0) is 43.2 Å². The van der Waals surface area contributed by atoms with Crippen molar-refractivity contribution < 1.29 is 9.21 Å². The van der Waals surface area contributed by atoms with Gasteiger partial charge in [0.2, 0.25) is 29.6 Å². The number of aromatic nitrogens is 5. The summed E-state index contributed by atoms with van der Waals surface area (Å²) in [4.78, 5) is 26.6. The Morgan fingerprint density at radius 2 is 1.79 bits per heavy atom. The first-order chi connectivity index (χ1) is 16.6. The van der Waals surface area contributed by atoms with E-state index < -0.39 is 0 Å². The number of carbonyl (C=O) groups excluding carboxylic acids is 1. The van der Waals surface area contributed by atoms with E-state index >= 15 is 0 Å². The zero-order valence-corrected chi connectivity index (χ0v) is 18.7. The smallest absolute Gasteiger partial charge is 0.247 e. The largest absolute Gasteiger partial charge is 0.420 e. The highest BCUT2D eigenvalue weighted by Gasteiger charge is 2.26. The summed E-state index contributed by atoms with van der Waals surface area (Å²) in [6.07, 6.45) is 3.23. The van der Waals surface area contributed by atoms with Crippen LogP contribution in [0.1, 0.15) is 31.6 Å². The monoisotopic (exact) mass is 456 g/mol. The van der Waals surface area contributed by atoms with E-state index in [1.807, 2.05) is 54.6 Å². The molecular formula is C24H24N8O2. The van der Waals surface area contributed by atoms with E-state index in [-0.39, 0.29) is 11.8 Å². The van der Waals surface area contributed by atoms with Gasteiger partial charge in [0.15, 0.2) is 0 Å². The maximum atomic E-state index is 11.3. The molecule has 172 valence electrons. The van der Waals surface area contributed by atoms with Crippen molar-refractivity contribution in [3.63, 3.8) is 0 Å². The second kappa shape index (κ2) is 9.65. The Morgan fingerprint density at radius 1 is 1.00 bits per heavy atom. The van der Waals surface area contributed by atoms with Crippen molar-refractivity contribution in [2.75, 3.05) is 28.6 Å². The first-order valence-electron chi connectivity index (χ1n) is 11.1. The van der Waals surface area contributed by atoms with Gasteiger partial charge in [0.25, 0.3) is 0 Å². The van der Waals surface area contributed by atoms with Crippen LogP contribution in [0.3, 0.4) is 0 Å². The zero-order valence-electron chi connectivity index (χ0n) is 18.7. The summed E-state index contributed by atoms with van der Waals surface area (Å²) in [5, 5.41) is 14.4. The molecule has 1 fully saturated rings. The van der Waals surface area contributed by atoms with Crippen LogP contribution >= 0.6 is 0 Å². The lowest BCUT2D eigenvalue weighted by atomic mass is 9.97. The average Bonchev–Trinajstić information content (AvgIpc) is 3.35. The maximum Gasteiger partial charge on any atom is 0.247 e. The standard InChI is InChI=1S/C24H24N8O2/c1-16(33)27-19-8-5-9-20(14-19)28-23-25-15-26-24(29-23)32-12-10-18(11-13-32)22-31-30-21(34-22)17-6-3-2-4-7-17/h2-9,14-15,18H,10-13H2,1H3,(H,27,33)(H,25,26,28,29). The van der Waals surface area contributed by atoms with Gasteiger partial charge >= 0.3 is 0 Å². The normalized spacial score (nSPS) is 14.1. The summed E-state index contributed by atoms with van der Waals surface area (Å²) >= 11 is 0. The molecule has 3 heterocycles. The highest BCUT2D eigenvalue weighted by Crippen LogP contribution is 2.30. The third-order valence-corrected chi connectivity index (χ3v) is 5.59. The van der Waals surface area contributed by atoms with Crippen LogP contribution < -0.4 is 15.5 Å². The molecular weight excluding hydrogens is 432 g/mol. The zero-order chi connectivity index (χ0) is 23.3. The quantitative estimate of drug-likeness (QED) is 0.443. The topological polar surface area (TPSA) is 122 Å². The van der Waals surface area contributed by atoms with Gasteiger partial charge in [-0.1, -0.05) is 24.3 Å². The van der Waals surface area contributed by atoms with Crippen LogP contribution in [0.4, 0.5) is 23.3 Å². The molecule has 1 aliphatic heterocycles. The van der Waals surface area contributed by atoms with Crippen LogP contribution in [0.2, 0.25) is 0 Å². The van der Waals surface area contributed by atoms with Crippen LogP contribution in [0.15, 0.2) is 65.3 Å². The molecule has 2 N–H and O–H groups in total. The van der Waals surface area contributed by atoms with E-state index in [0.717, 1.165) is 37.2 Å². The Balaban J connectivity index is 1.22. The average molecular weight is 457 g/mol. The summed E-state index contributed by atoms with van der Waals surface area (Å²) in [6.45, 7) is 3.02. The summed E-state index contributed by atoms with van der Waals surface area (Å²) in [6, 6.07) is 17.2. The fraction of sp³-hybridized carbons (Fsp3) is 0.250.